The van der Waals surface area contributed by atoms with Gasteiger partial charge in [-0.1, -0.05) is 17.3 Å². The highest BCUT2D eigenvalue weighted by Gasteiger charge is 2.11. The number of hydrogen-bond donors (Lipinski definition) is 2. The minimum absolute atomic E-state index is 0.0649. The van der Waals surface area contributed by atoms with Crippen LogP contribution < -0.4 is 10.6 Å². The van der Waals surface area contributed by atoms with Gasteiger partial charge in [0.05, 0.1) is 5.69 Å². The maximum absolute atomic E-state index is 13.5. The minimum Gasteiger partial charge on any atom is -0.360 e. The molecule has 0 aliphatic heterocycles. The molecule has 3 rings (SSSR count). The Bertz CT molecular complexity index is 832. The van der Waals surface area contributed by atoms with E-state index in [0.29, 0.717) is 17.4 Å². The summed E-state index contributed by atoms with van der Waals surface area (Å²) in [7, 11) is 0. The molecule has 2 heterocycles. The average Bonchev–Trinajstić information content (AvgIpc) is 2.95. The van der Waals surface area contributed by atoms with Crippen molar-refractivity contribution in [1.29, 1.82) is 0 Å². The molecule has 8 heteroatoms. The third-order valence-corrected chi connectivity index (χ3v) is 2.90. The summed E-state index contributed by atoms with van der Waals surface area (Å²) in [6.07, 6.45) is 0. The lowest BCUT2D eigenvalue weighted by Gasteiger charge is -2.05. The minimum atomic E-state index is -0.550. The van der Waals surface area contributed by atoms with Gasteiger partial charge in [-0.25, -0.2) is 4.39 Å². The first kappa shape index (κ1) is 14.6. The van der Waals surface area contributed by atoms with Gasteiger partial charge in [0, 0.05) is 6.07 Å². The highest BCUT2D eigenvalue weighted by molar-refractivity contribution is 6.02. The Hall–Kier alpha value is -3.29. The van der Waals surface area contributed by atoms with Crippen LogP contribution in [0, 0.1) is 12.7 Å². The number of aromatic nitrogens is 3. The van der Waals surface area contributed by atoms with Gasteiger partial charge in [-0.2, -0.15) is 0 Å². The quantitative estimate of drug-likeness (QED) is 0.769. The van der Waals surface area contributed by atoms with Gasteiger partial charge in [-0.05, 0) is 31.2 Å². The van der Waals surface area contributed by atoms with Crippen molar-refractivity contribution >= 4 is 23.2 Å². The van der Waals surface area contributed by atoms with Gasteiger partial charge in [0.25, 0.3) is 5.91 Å². The van der Waals surface area contributed by atoms with Crippen LogP contribution in [0.25, 0.3) is 0 Å². The number of carbonyl (C=O) groups excluding carboxylic acids is 1. The van der Waals surface area contributed by atoms with Crippen molar-refractivity contribution in [3.05, 3.63) is 59.7 Å². The fourth-order valence-electron chi connectivity index (χ4n) is 1.83. The predicted octanol–water partition coefficient (Wildman–Crippen LogP) is 2.91. The van der Waals surface area contributed by atoms with Crippen molar-refractivity contribution < 1.29 is 13.7 Å². The third kappa shape index (κ3) is 3.49. The fourth-order valence-corrected chi connectivity index (χ4v) is 1.83. The first-order valence-electron chi connectivity index (χ1n) is 6.72. The third-order valence-electron chi connectivity index (χ3n) is 2.90. The van der Waals surface area contributed by atoms with E-state index < -0.39 is 11.7 Å². The first-order valence-corrected chi connectivity index (χ1v) is 6.72. The first-order chi connectivity index (χ1) is 11.1. The smallest absolute Gasteiger partial charge is 0.276 e. The number of anilines is 3. The van der Waals surface area contributed by atoms with E-state index in [-0.39, 0.29) is 11.4 Å². The molecule has 0 atom stereocenters. The van der Waals surface area contributed by atoms with Gasteiger partial charge in [0.1, 0.15) is 11.6 Å². The number of carbonyl (C=O) groups is 1. The molecule has 23 heavy (non-hydrogen) atoms. The number of aryl methyl sites for hydroxylation is 1. The maximum atomic E-state index is 13.5. The Balaban J connectivity index is 1.69. The van der Waals surface area contributed by atoms with Gasteiger partial charge >= 0.3 is 0 Å². The summed E-state index contributed by atoms with van der Waals surface area (Å²) < 4.78 is 18.4. The molecule has 0 aliphatic rings. The summed E-state index contributed by atoms with van der Waals surface area (Å²) in [4.78, 5) is 12.0. The number of para-hydroxylation sites is 1. The van der Waals surface area contributed by atoms with Crippen molar-refractivity contribution in [2.45, 2.75) is 6.92 Å². The average molecular weight is 313 g/mol. The zero-order valence-corrected chi connectivity index (χ0v) is 12.1. The number of rotatable bonds is 4. The molecule has 1 aromatic carbocycles. The van der Waals surface area contributed by atoms with Crippen LogP contribution in [0.4, 0.5) is 21.7 Å². The summed E-state index contributed by atoms with van der Waals surface area (Å²) in [5.41, 5.74) is 0.148. The summed E-state index contributed by atoms with van der Waals surface area (Å²) in [6, 6.07) is 10.6. The SMILES string of the molecule is Cc1cc(Nc2ccc(C(=O)Nc3ccccc3F)nn2)no1. The van der Waals surface area contributed by atoms with E-state index in [0.717, 1.165) is 0 Å². The van der Waals surface area contributed by atoms with Crippen molar-refractivity contribution in [1.82, 2.24) is 15.4 Å². The number of amides is 1. The van der Waals surface area contributed by atoms with E-state index in [4.69, 9.17) is 4.52 Å². The van der Waals surface area contributed by atoms with E-state index in [9.17, 15) is 9.18 Å². The molecule has 3 aromatic rings. The second kappa shape index (κ2) is 6.22. The Morgan fingerprint density at radius 3 is 2.61 bits per heavy atom. The zero-order chi connectivity index (χ0) is 16.2. The standard InChI is InChI=1S/C15H12FN5O2/c1-9-8-14(21-23-9)18-13-7-6-12(19-20-13)15(22)17-11-5-3-2-4-10(11)16/h2-8H,1H3,(H,17,22)(H,18,20,21). The van der Waals surface area contributed by atoms with Crippen LogP contribution in [0.15, 0.2) is 47.0 Å². The fraction of sp³-hybridized carbons (Fsp3) is 0.0667. The summed E-state index contributed by atoms with van der Waals surface area (Å²) >= 11 is 0. The molecule has 0 saturated heterocycles. The molecule has 0 unspecified atom stereocenters. The second-order valence-corrected chi connectivity index (χ2v) is 4.69. The molecule has 2 aromatic heterocycles. The second-order valence-electron chi connectivity index (χ2n) is 4.69. The summed E-state index contributed by atoms with van der Waals surface area (Å²) in [5.74, 6) is 0.474. The van der Waals surface area contributed by atoms with E-state index in [1.54, 1.807) is 25.1 Å². The van der Waals surface area contributed by atoms with Gasteiger partial charge in [-0.15, -0.1) is 10.2 Å². The Kier molecular flexibility index (Phi) is 3.96. The maximum Gasteiger partial charge on any atom is 0.276 e. The molecule has 0 saturated carbocycles. The van der Waals surface area contributed by atoms with Crippen molar-refractivity contribution in [2.75, 3.05) is 10.6 Å². The summed E-state index contributed by atoms with van der Waals surface area (Å²) in [5, 5.41) is 16.7. The van der Waals surface area contributed by atoms with Crippen molar-refractivity contribution in [3.8, 4) is 0 Å². The van der Waals surface area contributed by atoms with E-state index in [1.807, 2.05) is 0 Å². The van der Waals surface area contributed by atoms with E-state index >= 15 is 0 Å². The molecule has 0 spiro atoms. The largest absolute Gasteiger partial charge is 0.360 e. The van der Waals surface area contributed by atoms with Gasteiger partial charge in [0.15, 0.2) is 17.3 Å². The van der Waals surface area contributed by atoms with E-state index in [1.165, 1.54) is 24.3 Å². The Morgan fingerprint density at radius 2 is 1.96 bits per heavy atom. The highest BCUT2D eigenvalue weighted by atomic mass is 19.1. The normalized spacial score (nSPS) is 10.3. The van der Waals surface area contributed by atoms with Crippen LogP contribution in [-0.4, -0.2) is 21.3 Å². The molecule has 7 nitrogen and oxygen atoms in total. The molecule has 0 radical (unpaired) electrons. The van der Waals surface area contributed by atoms with Gasteiger partial charge in [-0.3, -0.25) is 4.79 Å². The van der Waals surface area contributed by atoms with Crippen LogP contribution in [0.5, 0.6) is 0 Å². The molecule has 2 N–H and O–H groups in total. The van der Waals surface area contributed by atoms with Crippen molar-refractivity contribution in [2.24, 2.45) is 0 Å². The number of halogens is 1. The Labute approximate surface area is 130 Å². The number of nitrogens with zero attached hydrogens (tertiary/aromatic N) is 3. The monoisotopic (exact) mass is 313 g/mol. The number of nitrogens with one attached hydrogen (secondary N) is 2. The molecule has 116 valence electrons. The van der Waals surface area contributed by atoms with Crippen LogP contribution in [0.3, 0.4) is 0 Å². The van der Waals surface area contributed by atoms with Gasteiger partial charge < -0.3 is 15.2 Å². The van der Waals surface area contributed by atoms with E-state index in [2.05, 4.69) is 26.0 Å². The van der Waals surface area contributed by atoms with Crippen LogP contribution in [0.1, 0.15) is 16.2 Å². The van der Waals surface area contributed by atoms with Crippen LogP contribution in [0.2, 0.25) is 0 Å². The van der Waals surface area contributed by atoms with Crippen LogP contribution >= 0.6 is 0 Å². The molecule has 0 bridgehead atoms. The molecule has 0 aliphatic carbocycles. The lowest BCUT2D eigenvalue weighted by molar-refractivity contribution is 0.102. The molecular weight excluding hydrogens is 301 g/mol. The van der Waals surface area contributed by atoms with Gasteiger partial charge in [0.2, 0.25) is 0 Å². The number of hydrogen-bond acceptors (Lipinski definition) is 6. The van der Waals surface area contributed by atoms with Crippen molar-refractivity contribution in [3.63, 3.8) is 0 Å². The lowest BCUT2D eigenvalue weighted by atomic mass is 10.3. The lowest BCUT2D eigenvalue weighted by Crippen LogP contribution is -2.15. The summed E-state index contributed by atoms with van der Waals surface area (Å²) in [6.45, 7) is 1.76. The highest BCUT2D eigenvalue weighted by Crippen LogP contribution is 2.15. The number of benzene rings is 1. The van der Waals surface area contributed by atoms with Crippen LogP contribution in [-0.2, 0) is 0 Å². The Morgan fingerprint density at radius 1 is 1.13 bits per heavy atom. The molecular formula is C15H12FN5O2. The molecule has 0 fully saturated rings. The topological polar surface area (TPSA) is 92.9 Å². The molecule has 1 amide bonds. The zero-order valence-electron chi connectivity index (χ0n) is 12.1. The predicted molar refractivity (Wildman–Crippen MR) is 80.9 cm³/mol.